The van der Waals surface area contributed by atoms with Crippen molar-refractivity contribution in [1.82, 2.24) is 10.6 Å². The molecule has 1 saturated carbocycles. The van der Waals surface area contributed by atoms with E-state index in [9.17, 15) is 0 Å². The van der Waals surface area contributed by atoms with Gasteiger partial charge in [0, 0.05) is 19.6 Å². The number of halogens is 1. The molecule has 0 radical (unpaired) electrons. The van der Waals surface area contributed by atoms with Gasteiger partial charge in [0.1, 0.15) is 0 Å². The molecule has 102 valence electrons. The fourth-order valence-corrected chi connectivity index (χ4v) is 2.30. The van der Waals surface area contributed by atoms with Crippen LogP contribution in [0.5, 0.6) is 0 Å². The Morgan fingerprint density at radius 1 is 1.41 bits per heavy atom. The van der Waals surface area contributed by atoms with Crippen molar-refractivity contribution in [2.45, 2.75) is 39.2 Å². The first-order chi connectivity index (χ1) is 7.72. The van der Waals surface area contributed by atoms with E-state index in [1.54, 1.807) is 0 Å². The zero-order valence-corrected chi connectivity index (χ0v) is 14.3. The summed E-state index contributed by atoms with van der Waals surface area (Å²) in [4.78, 5) is 4.20. The quantitative estimate of drug-likeness (QED) is 0.313. The molecule has 0 aromatic carbocycles. The Balaban J connectivity index is 0.00000256. The van der Waals surface area contributed by atoms with E-state index < -0.39 is 0 Å². The van der Waals surface area contributed by atoms with Crippen LogP contribution >= 0.6 is 35.7 Å². The Bertz CT molecular complexity index is 218. The second-order valence-corrected chi connectivity index (χ2v) is 5.89. The van der Waals surface area contributed by atoms with Gasteiger partial charge in [-0.25, -0.2) is 0 Å². The molecule has 17 heavy (non-hydrogen) atoms. The molecule has 0 aromatic heterocycles. The van der Waals surface area contributed by atoms with Crippen LogP contribution in [0.3, 0.4) is 0 Å². The third-order valence-electron chi connectivity index (χ3n) is 2.35. The van der Waals surface area contributed by atoms with Crippen molar-refractivity contribution < 1.29 is 0 Å². The third kappa shape index (κ3) is 10.00. The third-order valence-corrected chi connectivity index (χ3v) is 3.83. The number of rotatable bonds is 7. The maximum atomic E-state index is 4.20. The summed E-state index contributed by atoms with van der Waals surface area (Å²) < 4.78 is 0. The zero-order valence-electron chi connectivity index (χ0n) is 11.2. The average molecular weight is 371 g/mol. The standard InChI is InChI=1S/C12H25N3S.HI/c1-10(2)9-16-8-4-7-14-12(13-3)15-11-5-6-11;/h10-11H,4-9H2,1-3H3,(H2,13,14,15);1H. The molecule has 0 amide bonds. The molecule has 1 rings (SSSR count). The Labute approximate surface area is 127 Å². The van der Waals surface area contributed by atoms with Gasteiger partial charge in [0.2, 0.25) is 0 Å². The molecular formula is C12H26IN3S. The smallest absolute Gasteiger partial charge is 0.191 e. The van der Waals surface area contributed by atoms with E-state index in [4.69, 9.17) is 0 Å². The molecule has 0 atom stereocenters. The summed E-state index contributed by atoms with van der Waals surface area (Å²) in [7, 11) is 1.84. The first-order valence-electron chi connectivity index (χ1n) is 6.27. The number of hydrogen-bond donors (Lipinski definition) is 2. The van der Waals surface area contributed by atoms with E-state index in [-0.39, 0.29) is 24.0 Å². The maximum absolute atomic E-state index is 4.20. The van der Waals surface area contributed by atoms with E-state index >= 15 is 0 Å². The normalized spacial score (nSPS) is 15.6. The summed E-state index contributed by atoms with van der Waals surface area (Å²) in [5.41, 5.74) is 0. The Morgan fingerprint density at radius 3 is 2.65 bits per heavy atom. The molecule has 0 saturated heterocycles. The maximum Gasteiger partial charge on any atom is 0.191 e. The van der Waals surface area contributed by atoms with Gasteiger partial charge < -0.3 is 10.6 Å². The summed E-state index contributed by atoms with van der Waals surface area (Å²) in [6.45, 7) is 5.57. The number of aliphatic imine (C=N–C) groups is 1. The highest BCUT2D eigenvalue weighted by Gasteiger charge is 2.21. The highest BCUT2D eigenvalue weighted by molar-refractivity contribution is 14.0. The number of guanidine groups is 1. The number of hydrogen-bond acceptors (Lipinski definition) is 2. The first kappa shape index (κ1) is 17.4. The van der Waals surface area contributed by atoms with Gasteiger partial charge in [0.25, 0.3) is 0 Å². The Morgan fingerprint density at radius 2 is 2.12 bits per heavy atom. The summed E-state index contributed by atoms with van der Waals surface area (Å²) in [6.07, 6.45) is 3.80. The number of nitrogens with one attached hydrogen (secondary N) is 2. The van der Waals surface area contributed by atoms with Gasteiger partial charge >= 0.3 is 0 Å². The molecular weight excluding hydrogens is 345 g/mol. The van der Waals surface area contributed by atoms with Crippen LogP contribution in [0.2, 0.25) is 0 Å². The van der Waals surface area contributed by atoms with Crippen molar-refractivity contribution in [2.75, 3.05) is 25.1 Å². The predicted molar refractivity (Wildman–Crippen MR) is 89.7 cm³/mol. The van der Waals surface area contributed by atoms with Crippen LogP contribution in [-0.2, 0) is 0 Å². The van der Waals surface area contributed by atoms with Gasteiger partial charge in [-0.05, 0) is 36.7 Å². The van der Waals surface area contributed by atoms with E-state index in [0.717, 1.165) is 18.4 Å². The number of thioether (sulfide) groups is 1. The van der Waals surface area contributed by atoms with E-state index in [2.05, 4.69) is 29.5 Å². The average Bonchev–Trinajstić information content (AvgIpc) is 3.04. The second-order valence-electron chi connectivity index (χ2n) is 4.74. The molecule has 5 heteroatoms. The molecule has 0 spiro atoms. The highest BCUT2D eigenvalue weighted by atomic mass is 127. The summed E-state index contributed by atoms with van der Waals surface area (Å²) in [5.74, 6) is 4.29. The molecule has 1 aliphatic carbocycles. The topological polar surface area (TPSA) is 36.4 Å². The van der Waals surface area contributed by atoms with E-state index in [1.165, 1.54) is 30.8 Å². The fourth-order valence-electron chi connectivity index (χ4n) is 1.32. The van der Waals surface area contributed by atoms with Gasteiger partial charge in [0.05, 0.1) is 0 Å². The minimum Gasteiger partial charge on any atom is -0.356 e. The van der Waals surface area contributed by atoms with Crippen molar-refractivity contribution >= 4 is 41.7 Å². The van der Waals surface area contributed by atoms with Gasteiger partial charge in [-0.2, -0.15) is 11.8 Å². The van der Waals surface area contributed by atoms with Crippen LogP contribution in [0, 0.1) is 5.92 Å². The van der Waals surface area contributed by atoms with Crippen molar-refractivity contribution in [1.29, 1.82) is 0 Å². The highest BCUT2D eigenvalue weighted by Crippen LogP contribution is 2.18. The molecule has 2 N–H and O–H groups in total. The zero-order chi connectivity index (χ0) is 11.8. The molecule has 0 bridgehead atoms. The first-order valence-corrected chi connectivity index (χ1v) is 7.42. The van der Waals surface area contributed by atoms with Crippen LogP contribution in [-0.4, -0.2) is 37.1 Å². The van der Waals surface area contributed by atoms with Crippen molar-refractivity contribution in [3.63, 3.8) is 0 Å². The Hall–Kier alpha value is 0.350. The Kier molecular flexibility index (Phi) is 10.5. The lowest BCUT2D eigenvalue weighted by molar-refractivity contribution is 0.747. The molecule has 1 fully saturated rings. The minimum absolute atomic E-state index is 0. The van der Waals surface area contributed by atoms with Crippen LogP contribution in [0.1, 0.15) is 33.1 Å². The van der Waals surface area contributed by atoms with Gasteiger partial charge in [-0.3, -0.25) is 4.99 Å². The SMILES string of the molecule is CN=C(NCCCSCC(C)C)NC1CC1.I. The van der Waals surface area contributed by atoms with Crippen molar-refractivity contribution in [3.05, 3.63) is 0 Å². The van der Waals surface area contributed by atoms with E-state index in [1.807, 2.05) is 18.8 Å². The van der Waals surface area contributed by atoms with Gasteiger partial charge in [-0.15, -0.1) is 24.0 Å². The molecule has 0 unspecified atom stereocenters. The van der Waals surface area contributed by atoms with Crippen LogP contribution in [0.25, 0.3) is 0 Å². The molecule has 3 nitrogen and oxygen atoms in total. The molecule has 0 aromatic rings. The lowest BCUT2D eigenvalue weighted by Crippen LogP contribution is -2.39. The lowest BCUT2D eigenvalue weighted by atomic mass is 10.3. The summed E-state index contributed by atoms with van der Waals surface area (Å²) in [5, 5.41) is 6.74. The molecule has 1 aliphatic rings. The predicted octanol–water partition coefficient (Wildman–Crippen LogP) is 2.71. The van der Waals surface area contributed by atoms with Gasteiger partial charge in [-0.1, -0.05) is 13.8 Å². The van der Waals surface area contributed by atoms with E-state index in [0.29, 0.717) is 6.04 Å². The molecule has 0 aliphatic heterocycles. The fraction of sp³-hybridized carbons (Fsp3) is 0.917. The lowest BCUT2D eigenvalue weighted by Gasteiger charge is -2.11. The van der Waals surface area contributed by atoms with Crippen LogP contribution in [0.4, 0.5) is 0 Å². The summed E-state index contributed by atoms with van der Waals surface area (Å²) in [6, 6.07) is 0.682. The summed E-state index contributed by atoms with van der Waals surface area (Å²) >= 11 is 2.05. The van der Waals surface area contributed by atoms with Gasteiger partial charge in [0.15, 0.2) is 5.96 Å². The largest absolute Gasteiger partial charge is 0.356 e. The number of nitrogens with zero attached hydrogens (tertiary/aromatic N) is 1. The minimum atomic E-state index is 0. The monoisotopic (exact) mass is 371 g/mol. The molecule has 0 heterocycles. The van der Waals surface area contributed by atoms with Crippen LogP contribution in [0.15, 0.2) is 4.99 Å². The van der Waals surface area contributed by atoms with Crippen molar-refractivity contribution in [3.8, 4) is 0 Å². The second kappa shape index (κ2) is 10.3. The van der Waals surface area contributed by atoms with Crippen LogP contribution < -0.4 is 10.6 Å². The van der Waals surface area contributed by atoms with Crippen molar-refractivity contribution in [2.24, 2.45) is 10.9 Å².